The van der Waals surface area contributed by atoms with Crippen LogP contribution in [0.25, 0.3) is 0 Å². The predicted molar refractivity (Wildman–Crippen MR) is 107 cm³/mol. The van der Waals surface area contributed by atoms with E-state index in [1.807, 2.05) is 32.9 Å². The van der Waals surface area contributed by atoms with Crippen molar-refractivity contribution in [3.8, 4) is 0 Å². The van der Waals surface area contributed by atoms with Crippen molar-refractivity contribution in [3.63, 3.8) is 0 Å². The van der Waals surface area contributed by atoms with Crippen LogP contribution in [0.15, 0.2) is 34.2 Å². The molecule has 1 aliphatic heterocycles. The standard InChI is InChI=1S/C19H32N4O2S/c1-15-10-12-23(13-11-15)18(20-5)21-14-16-8-6-7-9-17(16)26(24,25)22-19(2,3)4/h6-9,15,22H,10-14H2,1-5H3,(H,20,21). The van der Waals surface area contributed by atoms with E-state index in [-0.39, 0.29) is 0 Å². The smallest absolute Gasteiger partial charge is 0.241 e. The van der Waals surface area contributed by atoms with Gasteiger partial charge in [0.05, 0.1) is 4.90 Å². The average Bonchev–Trinajstić information content (AvgIpc) is 2.55. The molecule has 0 saturated carbocycles. The molecular formula is C19H32N4O2S. The van der Waals surface area contributed by atoms with Crippen LogP contribution in [0, 0.1) is 5.92 Å². The Hall–Kier alpha value is -1.60. The van der Waals surface area contributed by atoms with E-state index in [2.05, 4.69) is 26.9 Å². The maximum atomic E-state index is 12.7. The number of benzene rings is 1. The third-order valence-corrected chi connectivity index (χ3v) is 6.29. The lowest BCUT2D eigenvalue weighted by atomic mass is 10.00. The summed E-state index contributed by atoms with van der Waals surface area (Å²) in [5.41, 5.74) is 0.204. The van der Waals surface area contributed by atoms with Crippen molar-refractivity contribution in [2.24, 2.45) is 10.9 Å². The first kappa shape index (κ1) is 20.7. The van der Waals surface area contributed by atoms with Crippen molar-refractivity contribution in [2.75, 3.05) is 20.1 Å². The topological polar surface area (TPSA) is 73.8 Å². The molecule has 0 aromatic heterocycles. The summed E-state index contributed by atoms with van der Waals surface area (Å²) in [6.07, 6.45) is 2.31. The minimum absolute atomic E-state index is 0.310. The van der Waals surface area contributed by atoms with Crippen molar-refractivity contribution >= 4 is 16.0 Å². The second kappa shape index (κ2) is 8.39. The first-order valence-corrected chi connectivity index (χ1v) is 10.7. The van der Waals surface area contributed by atoms with E-state index in [4.69, 9.17) is 0 Å². The van der Waals surface area contributed by atoms with Gasteiger partial charge in [0.15, 0.2) is 5.96 Å². The highest BCUT2D eigenvalue weighted by atomic mass is 32.2. The summed E-state index contributed by atoms with van der Waals surface area (Å²) in [5.74, 6) is 1.58. The van der Waals surface area contributed by atoms with Crippen molar-refractivity contribution < 1.29 is 8.42 Å². The molecular weight excluding hydrogens is 348 g/mol. The van der Waals surface area contributed by atoms with Gasteiger partial charge in [-0.05, 0) is 51.2 Å². The molecule has 0 bridgehead atoms. The van der Waals surface area contributed by atoms with Crippen molar-refractivity contribution in [1.82, 2.24) is 14.9 Å². The minimum atomic E-state index is -3.58. The molecule has 1 heterocycles. The number of hydrogen-bond donors (Lipinski definition) is 2. The molecule has 2 rings (SSSR count). The number of hydrogen-bond acceptors (Lipinski definition) is 3. The Morgan fingerprint density at radius 3 is 2.42 bits per heavy atom. The Kier molecular flexibility index (Phi) is 6.69. The zero-order valence-electron chi connectivity index (χ0n) is 16.5. The molecule has 26 heavy (non-hydrogen) atoms. The second-order valence-electron chi connectivity index (χ2n) is 8.03. The number of sulfonamides is 1. The van der Waals surface area contributed by atoms with Gasteiger partial charge in [0.1, 0.15) is 0 Å². The van der Waals surface area contributed by atoms with Crippen LogP contribution in [0.2, 0.25) is 0 Å². The molecule has 0 spiro atoms. The largest absolute Gasteiger partial charge is 0.352 e. The monoisotopic (exact) mass is 380 g/mol. The van der Waals surface area contributed by atoms with Crippen LogP contribution in [0.4, 0.5) is 0 Å². The zero-order valence-corrected chi connectivity index (χ0v) is 17.4. The quantitative estimate of drug-likeness (QED) is 0.622. The number of nitrogens with zero attached hydrogens (tertiary/aromatic N) is 2. The van der Waals surface area contributed by atoms with Crippen LogP contribution >= 0.6 is 0 Å². The molecule has 6 nitrogen and oxygen atoms in total. The third kappa shape index (κ3) is 5.71. The lowest BCUT2D eigenvalue weighted by Gasteiger charge is -2.33. The van der Waals surface area contributed by atoms with Crippen LogP contribution in [0.1, 0.15) is 46.1 Å². The van der Waals surface area contributed by atoms with Crippen molar-refractivity contribution in [1.29, 1.82) is 0 Å². The summed E-state index contributed by atoms with van der Waals surface area (Å²) in [6, 6.07) is 7.10. The van der Waals surface area contributed by atoms with Crippen LogP contribution in [-0.2, 0) is 16.6 Å². The van der Waals surface area contributed by atoms with Gasteiger partial charge < -0.3 is 10.2 Å². The Bertz CT molecular complexity index is 730. The molecule has 0 aliphatic carbocycles. The zero-order chi connectivity index (χ0) is 19.4. The average molecular weight is 381 g/mol. The fourth-order valence-electron chi connectivity index (χ4n) is 3.10. The molecule has 1 aromatic carbocycles. The molecule has 1 aliphatic rings. The number of rotatable bonds is 4. The van der Waals surface area contributed by atoms with E-state index in [0.717, 1.165) is 43.4 Å². The molecule has 146 valence electrons. The number of guanidine groups is 1. The molecule has 2 N–H and O–H groups in total. The van der Waals surface area contributed by atoms with Gasteiger partial charge >= 0.3 is 0 Å². The predicted octanol–water partition coefficient (Wildman–Crippen LogP) is 2.57. The number of nitrogens with one attached hydrogen (secondary N) is 2. The Labute approximate surface area is 158 Å². The maximum Gasteiger partial charge on any atom is 0.241 e. The summed E-state index contributed by atoms with van der Waals surface area (Å²) in [6.45, 7) is 10.2. The molecule has 1 aromatic rings. The third-order valence-electron chi connectivity index (χ3n) is 4.43. The second-order valence-corrected chi connectivity index (χ2v) is 9.68. The van der Waals surface area contributed by atoms with E-state index in [9.17, 15) is 8.42 Å². The van der Waals surface area contributed by atoms with Crippen LogP contribution in [0.3, 0.4) is 0 Å². The van der Waals surface area contributed by atoms with Gasteiger partial charge in [-0.3, -0.25) is 4.99 Å². The molecule has 1 fully saturated rings. The first-order valence-electron chi connectivity index (χ1n) is 9.20. The molecule has 0 amide bonds. The van der Waals surface area contributed by atoms with Gasteiger partial charge in [-0.15, -0.1) is 0 Å². The first-order chi connectivity index (χ1) is 12.1. The summed E-state index contributed by atoms with van der Waals surface area (Å²) in [5, 5.41) is 3.33. The lowest BCUT2D eigenvalue weighted by Crippen LogP contribution is -2.45. The van der Waals surface area contributed by atoms with Crippen molar-refractivity contribution in [3.05, 3.63) is 29.8 Å². The fraction of sp³-hybridized carbons (Fsp3) is 0.632. The summed E-state index contributed by atoms with van der Waals surface area (Å²) < 4.78 is 28.2. The molecule has 1 saturated heterocycles. The number of aliphatic imine (C=N–C) groups is 1. The van der Waals surface area contributed by atoms with E-state index in [1.54, 1.807) is 19.2 Å². The van der Waals surface area contributed by atoms with Gasteiger partial charge in [-0.25, -0.2) is 13.1 Å². The van der Waals surface area contributed by atoms with Gasteiger partial charge in [0, 0.05) is 32.2 Å². The van der Waals surface area contributed by atoms with E-state index >= 15 is 0 Å². The van der Waals surface area contributed by atoms with E-state index in [0.29, 0.717) is 11.4 Å². The minimum Gasteiger partial charge on any atom is -0.352 e. The maximum absolute atomic E-state index is 12.7. The molecule has 7 heteroatoms. The number of likely N-dealkylation sites (tertiary alicyclic amines) is 1. The van der Waals surface area contributed by atoms with Gasteiger partial charge in [-0.1, -0.05) is 25.1 Å². The van der Waals surface area contributed by atoms with E-state index < -0.39 is 15.6 Å². The highest BCUT2D eigenvalue weighted by Crippen LogP contribution is 2.19. The highest BCUT2D eigenvalue weighted by molar-refractivity contribution is 7.89. The molecule has 0 atom stereocenters. The van der Waals surface area contributed by atoms with Crippen LogP contribution in [-0.4, -0.2) is 45.0 Å². The Morgan fingerprint density at radius 2 is 1.85 bits per heavy atom. The normalized spacial score (nSPS) is 17.4. The van der Waals surface area contributed by atoms with Crippen molar-refractivity contribution in [2.45, 2.75) is 57.5 Å². The molecule has 0 radical (unpaired) electrons. The lowest BCUT2D eigenvalue weighted by molar-refractivity contribution is 0.273. The Balaban J connectivity index is 2.13. The molecule has 0 unspecified atom stereocenters. The van der Waals surface area contributed by atoms with Gasteiger partial charge in [-0.2, -0.15) is 0 Å². The summed E-state index contributed by atoms with van der Waals surface area (Å²) in [7, 11) is -1.81. The van der Waals surface area contributed by atoms with E-state index in [1.165, 1.54) is 0 Å². The summed E-state index contributed by atoms with van der Waals surface area (Å²) in [4.78, 5) is 6.92. The Morgan fingerprint density at radius 1 is 1.23 bits per heavy atom. The van der Waals surface area contributed by atoms with Gasteiger partial charge in [0.2, 0.25) is 10.0 Å². The van der Waals surface area contributed by atoms with Gasteiger partial charge in [0.25, 0.3) is 0 Å². The van der Waals surface area contributed by atoms with Crippen LogP contribution in [0.5, 0.6) is 0 Å². The summed E-state index contributed by atoms with van der Waals surface area (Å²) >= 11 is 0. The van der Waals surface area contributed by atoms with Crippen LogP contribution < -0.4 is 10.0 Å². The fourth-order valence-corrected chi connectivity index (χ4v) is 4.76. The number of piperidine rings is 1. The highest BCUT2D eigenvalue weighted by Gasteiger charge is 2.24. The SMILES string of the molecule is CN=C(NCc1ccccc1S(=O)(=O)NC(C)(C)C)N1CCC(C)CC1.